The molecule has 0 unspecified atom stereocenters. The van der Waals surface area contributed by atoms with E-state index in [0.29, 0.717) is 19.0 Å². The van der Waals surface area contributed by atoms with Crippen LogP contribution in [0.4, 0.5) is 16.2 Å². The molecule has 0 atom stereocenters. The molecule has 2 fully saturated rings. The average Bonchev–Trinajstić information content (AvgIpc) is 3.39. The van der Waals surface area contributed by atoms with Gasteiger partial charge in [0.25, 0.3) is 0 Å². The zero-order valence-corrected chi connectivity index (χ0v) is 21.9. The molecule has 7 nitrogen and oxygen atoms in total. The molecule has 2 saturated heterocycles. The quantitative estimate of drug-likeness (QED) is 0.445. The minimum atomic E-state index is -0.190. The number of nitrogens with one attached hydrogen (secondary N) is 1. The molecule has 37 heavy (non-hydrogen) atoms. The standard InChI is InChI=1S/C30H39N5O2/c1-31-30(37)35(16-6-22-36)29-10-5-9-28-27(29)15-21-34(28)26-13-17-32(18-14-26)23-24-11-19-33(20-12-24)25-7-3-2-4-8-25/h2-5,7-10,15,21-22,24,26H,6,11-14,16-20,23H2,1H3,(H,31,37). The summed E-state index contributed by atoms with van der Waals surface area (Å²) in [4.78, 5) is 30.4. The number of rotatable bonds is 8. The van der Waals surface area contributed by atoms with Gasteiger partial charge in [0.2, 0.25) is 0 Å². The number of piperidine rings is 2. The predicted octanol–water partition coefficient (Wildman–Crippen LogP) is 4.93. The van der Waals surface area contributed by atoms with Gasteiger partial charge in [-0.1, -0.05) is 24.3 Å². The Hall–Kier alpha value is -3.32. The Balaban J connectivity index is 1.19. The van der Waals surface area contributed by atoms with Crippen molar-refractivity contribution in [3.05, 3.63) is 60.8 Å². The van der Waals surface area contributed by atoms with Crippen molar-refractivity contribution >= 4 is 34.6 Å². The fourth-order valence-corrected chi connectivity index (χ4v) is 6.13. The average molecular weight is 502 g/mol. The van der Waals surface area contributed by atoms with Gasteiger partial charge in [0.05, 0.1) is 11.2 Å². The van der Waals surface area contributed by atoms with Gasteiger partial charge in [0.1, 0.15) is 6.29 Å². The fourth-order valence-electron chi connectivity index (χ4n) is 6.13. The highest BCUT2D eigenvalue weighted by Crippen LogP contribution is 2.33. The number of carbonyl (C=O) groups is 2. The second-order valence-electron chi connectivity index (χ2n) is 10.4. The van der Waals surface area contributed by atoms with Crippen molar-refractivity contribution in [1.82, 2.24) is 14.8 Å². The van der Waals surface area contributed by atoms with Gasteiger partial charge < -0.3 is 24.5 Å². The van der Waals surface area contributed by atoms with E-state index in [1.165, 1.54) is 25.1 Å². The van der Waals surface area contributed by atoms with Gasteiger partial charge in [-0.2, -0.15) is 0 Å². The third-order valence-corrected chi connectivity index (χ3v) is 8.16. The first-order valence-electron chi connectivity index (χ1n) is 13.7. The van der Waals surface area contributed by atoms with E-state index in [4.69, 9.17) is 0 Å². The van der Waals surface area contributed by atoms with Crippen LogP contribution < -0.4 is 15.1 Å². The number of para-hydroxylation sites is 1. The van der Waals surface area contributed by atoms with Crippen molar-refractivity contribution < 1.29 is 9.59 Å². The molecule has 0 radical (unpaired) electrons. The second-order valence-corrected chi connectivity index (χ2v) is 10.4. The van der Waals surface area contributed by atoms with E-state index in [1.54, 1.807) is 11.9 Å². The first-order chi connectivity index (χ1) is 18.2. The minimum absolute atomic E-state index is 0.190. The van der Waals surface area contributed by atoms with Gasteiger partial charge >= 0.3 is 6.03 Å². The number of nitrogens with zero attached hydrogens (tertiary/aromatic N) is 4. The van der Waals surface area contributed by atoms with Crippen LogP contribution in [0.5, 0.6) is 0 Å². The number of aldehydes is 1. The summed E-state index contributed by atoms with van der Waals surface area (Å²) in [5.74, 6) is 0.786. The molecule has 1 aromatic heterocycles. The molecule has 196 valence electrons. The Morgan fingerprint density at radius 3 is 2.43 bits per heavy atom. The van der Waals surface area contributed by atoms with Crippen molar-refractivity contribution in [2.45, 2.75) is 38.1 Å². The maximum Gasteiger partial charge on any atom is 0.321 e. The lowest BCUT2D eigenvalue weighted by atomic mass is 9.94. The molecule has 0 spiro atoms. The van der Waals surface area contributed by atoms with E-state index in [2.05, 4.69) is 68.3 Å². The number of anilines is 2. The van der Waals surface area contributed by atoms with Crippen LogP contribution in [0, 0.1) is 5.92 Å². The molecular formula is C30H39N5O2. The third-order valence-electron chi connectivity index (χ3n) is 8.16. The highest BCUT2D eigenvalue weighted by atomic mass is 16.2. The molecule has 3 heterocycles. The van der Waals surface area contributed by atoms with Crippen LogP contribution in [0.25, 0.3) is 10.9 Å². The molecule has 0 saturated carbocycles. The lowest BCUT2D eigenvalue weighted by Crippen LogP contribution is -2.41. The Kier molecular flexibility index (Phi) is 8.09. The van der Waals surface area contributed by atoms with E-state index >= 15 is 0 Å². The van der Waals surface area contributed by atoms with Crippen LogP contribution in [-0.2, 0) is 4.79 Å². The Bertz CT molecular complexity index is 1180. The maximum absolute atomic E-state index is 12.5. The molecule has 3 aromatic rings. The minimum Gasteiger partial charge on any atom is -0.372 e. The summed E-state index contributed by atoms with van der Waals surface area (Å²) in [5, 5.41) is 3.77. The molecule has 0 bridgehead atoms. The number of likely N-dealkylation sites (tertiary alicyclic amines) is 1. The number of fused-ring (bicyclic) bond motifs is 1. The summed E-state index contributed by atoms with van der Waals surface area (Å²) < 4.78 is 2.40. The molecule has 2 aliphatic heterocycles. The summed E-state index contributed by atoms with van der Waals surface area (Å²) in [6, 6.07) is 19.3. The lowest BCUT2D eigenvalue weighted by molar-refractivity contribution is -0.107. The summed E-state index contributed by atoms with van der Waals surface area (Å²) in [6.45, 7) is 6.16. The first kappa shape index (κ1) is 25.3. The van der Waals surface area contributed by atoms with E-state index in [1.807, 2.05) is 12.1 Å². The lowest BCUT2D eigenvalue weighted by Gasteiger charge is -2.38. The third kappa shape index (κ3) is 5.67. The SMILES string of the molecule is CNC(=O)N(CCC=O)c1cccc2c1ccn2C1CCN(CC2CCN(c3ccccc3)CC2)CC1. The second kappa shape index (κ2) is 11.8. The van der Waals surface area contributed by atoms with E-state index < -0.39 is 0 Å². The van der Waals surface area contributed by atoms with Crippen molar-refractivity contribution in [2.75, 3.05) is 56.1 Å². The number of urea groups is 1. The van der Waals surface area contributed by atoms with Crippen LogP contribution in [0.1, 0.15) is 38.1 Å². The van der Waals surface area contributed by atoms with Crippen LogP contribution in [0.2, 0.25) is 0 Å². The van der Waals surface area contributed by atoms with Gasteiger partial charge in [0, 0.05) is 76.0 Å². The zero-order valence-electron chi connectivity index (χ0n) is 21.9. The number of aromatic nitrogens is 1. The summed E-state index contributed by atoms with van der Waals surface area (Å²) in [6.07, 6.45) is 8.17. The van der Waals surface area contributed by atoms with Crippen LogP contribution >= 0.6 is 0 Å². The van der Waals surface area contributed by atoms with Crippen molar-refractivity contribution in [1.29, 1.82) is 0 Å². The number of hydrogen-bond donors (Lipinski definition) is 1. The number of amides is 2. The van der Waals surface area contributed by atoms with Crippen LogP contribution in [-0.4, -0.2) is 68.1 Å². The smallest absolute Gasteiger partial charge is 0.321 e. The van der Waals surface area contributed by atoms with Crippen molar-refractivity contribution in [2.24, 2.45) is 5.92 Å². The van der Waals surface area contributed by atoms with Crippen molar-refractivity contribution in [3.8, 4) is 0 Å². The molecule has 0 aliphatic carbocycles. The molecule has 2 amide bonds. The van der Waals surface area contributed by atoms with Crippen molar-refractivity contribution in [3.63, 3.8) is 0 Å². The molecule has 2 aliphatic rings. The molecule has 1 N–H and O–H groups in total. The molecule has 2 aromatic carbocycles. The highest BCUT2D eigenvalue weighted by Gasteiger charge is 2.26. The number of carbonyl (C=O) groups excluding carboxylic acids is 2. The van der Waals surface area contributed by atoms with Crippen LogP contribution in [0.15, 0.2) is 60.8 Å². The van der Waals surface area contributed by atoms with E-state index in [0.717, 1.165) is 67.8 Å². The van der Waals surface area contributed by atoms with Gasteiger partial charge in [-0.05, 0) is 61.9 Å². The normalized spacial score (nSPS) is 17.7. The van der Waals surface area contributed by atoms with Gasteiger partial charge in [0.15, 0.2) is 0 Å². The predicted molar refractivity (Wildman–Crippen MR) is 151 cm³/mol. The monoisotopic (exact) mass is 501 g/mol. The summed E-state index contributed by atoms with van der Waals surface area (Å²) in [5.41, 5.74) is 3.37. The summed E-state index contributed by atoms with van der Waals surface area (Å²) >= 11 is 0. The zero-order chi connectivity index (χ0) is 25.6. The number of benzene rings is 2. The van der Waals surface area contributed by atoms with E-state index in [9.17, 15) is 9.59 Å². The Labute approximate surface area is 220 Å². The van der Waals surface area contributed by atoms with Gasteiger partial charge in [-0.3, -0.25) is 4.90 Å². The summed E-state index contributed by atoms with van der Waals surface area (Å²) in [7, 11) is 1.63. The first-order valence-corrected chi connectivity index (χ1v) is 13.7. The Morgan fingerprint density at radius 1 is 0.973 bits per heavy atom. The van der Waals surface area contributed by atoms with E-state index in [-0.39, 0.29) is 6.03 Å². The Morgan fingerprint density at radius 2 is 1.73 bits per heavy atom. The van der Waals surface area contributed by atoms with Gasteiger partial charge in [-0.15, -0.1) is 0 Å². The maximum atomic E-state index is 12.5. The molecule has 7 heteroatoms. The number of hydrogen-bond acceptors (Lipinski definition) is 4. The molecule has 5 rings (SSSR count). The fraction of sp³-hybridized carbons (Fsp3) is 0.467. The molecular weight excluding hydrogens is 462 g/mol. The van der Waals surface area contributed by atoms with Crippen LogP contribution in [0.3, 0.4) is 0 Å². The largest absolute Gasteiger partial charge is 0.372 e. The van der Waals surface area contributed by atoms with Gasteiger partial charge in [-0.25, -0.2) is 4.79 Å². The highest BCUT2D eigenvalue weighted by molar-refractivity contribution is 6.02. The topological polar surface area (TPSA) is 60.8 Å².